The Morgan fingerprint density at radius 1 is 0.441 bits per heavy atom. The molecule has 0 fully saturated rings. The lowest BCUT2D eigenvalue weighted by molar-refractivity contribution is 0.607. The highest BCUT2D eigenvalue weighted by Crippen LogP contribution is 2.81. The molecule has 1 aliphatic rings. The first-order valence-electron chi connectivity index (χ1n) is 10.4. The summed E-state index contributed by atoms with van der Waals surface area (Å²) >= 11 is 14.3. The summed E-state index contributed by atoms with van der Waals surface area (Å²) in [6.07, 6.45) is 0. The van der Waals surface area contributed by atoms with Crippen molar-refractivity contribution in [3.8, 4) is 11.5 Å². The van der Waals surface area contributed by atoms with Crippen molar-refractivity contribution in [1.29, 1.82) is 0 Å². The molecule has 5 nitrogen and oxygen atoms in total. The van der Waals surface area contributed by atoms with Gasteiger partial charge in [-0.25, -0.2) is 0 Å². The summed E-state index contributed by atoms with van der Waals surface area (Å²) in [6.45, 7) is -6.65. The van der Waals surface area contributed by atoms with Gasteiger partial charge in [0.05, 0.1) is 0 Å². The van der Waals surface area contributed by atoms with Gasteiger partial charge in [0.25, 0.3) is 0 Å². The molecule has 0 spiro atoms. The minimum atomic E-state index is -3.33. The second kappa shape index (κ2) is 9.78. The van der Waals surface area contributed by atoms with Gasteiger partial charge in [-0.3, -0.25) is 0 Å². The molecule has 2 atom stereocenters. The normalized spacial score (nSPS) is 23.0. The fraction of sp³-hybridized carbons (Fsp3) is 0. The van der Waals surface area contributed by atoms with Gasteiger partial charge in [0.15, 0.2) is 0 Å². The zero-order valence-corrected chi connectivity index (χ0v) is 22.0. The minimum absolute atomic E-state index is 0.558. The lowest BCUT2D eigenvalue weighted by Crippen LogP contribution is -2.15. The van der Waals surface area contributed by atoms with Gasteiger partial charge < -0.3 is 9.05 Å². The molecule has 0 amide bonds. The Morgan fingerprint density at radius 3 is 1.21 bits per heavy atom. The number of halogens is 2. The van der Waals surface area contributed by atoms with Gasteiger partial charge in [0, 0.05) is 10.6 Å². The zero-order chi connectivity index (χ0) is 23.5. The average molecular weight is 546 g/mol. The van der Waals surface area contributed by atoms with Gasteiger partial charge in [-0.2, -0.15) is 9.03 Å². The smallest absolute Gasteiger partial charge is 0.351 e. The number of hydrogen-bond acceptors (Lipinski definition) is 5. The van der Waals surface area contributed by atoms with Crippen LogP contribution in [-0.4, -0.2) is 0 Å². The maximum absolute atomic E-state index is 7.13. The second-order valence-corrected chi connectivity index (χ2v) is 16.6. The summed E-state index contributed by atoms with van der Waals surface area (Å²) in [7, 11) is -2.87. The van der Waals surface area contributed by atoms with E-state index in [9.17, 15) is 0 Å². The van der Waals surface area contributed by atoms with Crippen LogP contribution in [0.25, 0.3) is 0 Å². The molecule has 0 saturated carbocycles. The van der Waals surface area contributed by atoms with Crippen LogP contribution >= 0.6 is 43.3 Å². The molecule has 0 radical (unpaired) electrons. The number of rotatable bonds is 6. The van der Waals surface area contributed by atoms with Gasteiger partial charge in [0.1, 0.15) is 18.7 Å². The molecule has 4 aromatic carbocycles. The largest absolute Gasteiger partial charge is 0.431 e. The first kappa shape index (κ1) is 23.5. The van der Waals surface area contributed by atoms with Crippen LogP contribution in [0.15, 0.2) is 135 Å². The fourth-order valence-corrected chi connectivity index (χ4v) is 17.2. The first-order chi connectivity index (χ1) is 16.5. The summed E-state index contributed by atoms with van der Waals surface area (Å²) in [5, 5.41) is 1.80. The van der Waals surface area contributed by atoms with E-state index >= 15 is 0 Å². The lowest BCUT2D eigenvalue weighted by Gasteiger charge is -2.31. The molecule has 1 heterocycles. The molecular formula is C24H20Cl2N3O2P3. The minimum Gasteiger partial charge on any atom is -0.431 e. The third kappa shape index (κ3) is 5.05. The first-order valence-corrected chi connectivity index (χ1v) is 17.1. The number of benzene rings is 4. The van der Waals surface area contributed by atoms with E-state index in [4.69, 9.17) is 40.6 Å². The van der Waals surface area contributed by atoms with E-state index in [1.165, 1.54) is 0 Å². The molecule has 0 aliphatic carbocycles. The Hall–Kier alpha value is -2.25. The Kier molecular flexibility index (Phi) is 6.76. The van der Waals surface area contributed by atoms with Gasteiger partial charge >= 0.3 is 13.6 Å². The second-order valence-electron chi connectivity index (χ2n) is 7.30. The van der Waals surface area contributed by atoms with Crippen molar-refractivity contribution in [2.75, 3.05) is 0 Å². The maximum atomic E-state index is 7.13. The van der Waals surface area contributed by atoms with Crippen LogP contribution in [-0.2, 0) is 0 Å². The molecule has 172 valence electrons. The van der Waals surface area contributed by atoms with E-state index in [0.29, 0.717) is 11.5 Å². The van der Waals surface area contributed by atoms with E-state index in [0.717, 1.165) is 10.6 Å². The molecule has 0 saturated heterocycles. The van der Waals surface area contributed by atoms with E-state index in [1.807, 2.05) is 121 Å². The molecule has 0 N–H and O–H groups in total. The van der Waals surface area contributed by atoms with Crippen LogP contribution in [0.1, 0.15) is 0 Å². The van der Waals surface area contributed by atoms with Crippen LogP contribution in [0.4, 0.5) is 0 Å². The SMILES string of the molecule is ClP1(Oc2ccccc2)=NP(Cl)(Oc2ccccc2)=NP(c2ccccc2)(c2ccccc2)=N1. The standard InChI is InChI=1S/C24H20Cl2N3O2P3/c25-33(30-21-13-5-1-6-14-21)27-32(23-17-9-3-10-18-23,24-19-11-4-12-20-24)28-34(26,29-33)31-22-15-7-2-8-16-22/h1-20H. The van der Waals surface area contributed by atoms with E-state index in [2.05, 4.69) is 4.52 Å². The highest BCUT2D eigenvalue weighted by molar-refractivity contribution is 8.04. The molecule has 0 aromatic heterocycles. The topological polar surface area (TPSA) is 55.5 Å². The number of para-hydroxylation sites is 2. The molecular weight excluding hydrogens is 526 g/mol. The average Bonchev–Trinajstić information content (AvgIpc) is 2.85. The van der Waals surface area contributed by atoms with Crippen molar-refractivity contribution < 1.29 is 9.05 Å². The van der Waals surface area contributed by atoms with Crippen molar-refractivity contribution in [3.05, 3.63) is 121 Å². The van der Waals surface area contributed by atoms with Crippen LogP contribution in [0.3, 0.4) is 0 Å². The van der Waals surface area contributed by atoms with Crippen LogP contribution < -0.4 is 19.7 Å². The Labute approximate surface area is 208 Å². The van der Waals surface area contributed by atoms with Crippen LogP contribution in [0.5, 0.6) is 11.5 Å². The Bertz CT molecular complexity index is 1360. The van der Waals surface area contributed by atoms with Gasteiger partial charge in [-0.05, 0) is 46.7 Å². The molecule has 4 aromatic rings. The van der Waals surface area contributed by atoms with E-state index in [-0.39, 0.29) is 0 Å². The Balaban J connectivity index is 1.80. The molecule has 34 heavy (non-hydrogen) atoms. The van der Waals surface area contributed by atoms with Gasteiger partial charge in [-0.1, -0.05) is 97.1 Å². The van der Waals surface area contributed by atoms with Gasteiger partial charge in [-0.15, -0.1) is 4.52 Å². The molecule has 2 unspecified atom stereocenters. The van der Waals surface area contributed by atoms with Crippen molar-refractivity contribution >= 4 is 53.9 Å². The summed E-state index contributed by atoms with van der Waals surface area (Å²) in [6, 6.07) is 38.2. The highest BCUT2D eigenvalue weighted by Gasteiger charge is 2.40. The quantitative estimate of drug-likeness (QED) is 0.226. The number of hydrogen-bond donors (Lipinski definition) is 0. The van der Waals surface area contributed by atoms with Crippen molar-refractivity contribution in [2.24, 2.45) is 13.5 Å². The third-order valence-electron chi connectivity index (χ3n) is 4.86. The lowest BCUT2D eigenvalue weighted by atomic mass is 10.3. The highest BCUT2D eigenvalue weighted by atomic mass is 35.7. The fourth-order valence-electron chi connectivity index (χ4n) is 3.44. The summed E-state index contributed by atoms with van der Waals surface area (Å²) in [5.41, 5.74) is 0. The molecule has 0 bridgehead atoms. The molecule has 5 rings (SSSR count). The van der Waals surface area contributed by atoms with E-state index < -0.39 is 20.8 Å². The predicted octanol–water partition coefficient (Wildman–Crippen LogP) is 9.30. The molecule has 1 aliphatic heterocycles. The third-order valence-corrected chi connectivity index (χ3v) is 16.2. The summed E-state index contributed by atoms with van der Waals surface area (Å²) < 4.78 is 27.4. The van der Waals surface area contributed by atoms with Gasteiger partial charge in [0.2, 0.25) is 0 Å². The monoisotopic (exact) mass is 545 g/mol. The van der Waals surface area contributed by atoms with E-state index in [1.54, 1.807) is 0 Å². The van der Waals surface area contributed by atoms with Crippen LogP contribution in [0, 0.1) is 0 Å². The summed E-state index contributed by atoms with van der Waals surface area (Å²) in [5.74, 6) is 1.12. The number of nitrogens with zero attached hydrogens (tertiary/aromatic N) is 3. The van der Waals surface area contributed by atoms with Crippen molar-refractivity contribution in [3.63, 3.8) is 0 Å². The zero-order valence-electron chi connectivity index (χ0n) is 17.8. The predicted molar refractivity (Wildman–Crippen MR) is 146 cm³/mol. The molecule has 10 heteroatoms. The maximum Gasteiger partial charge on any atom is 0.351 e. The van der Waals surface area contributed by atoms with Crippen molar-refractivity contribution in [1.82, 2.24) is 0 Å². The van der Waals surface area contributed by atoms with Crippen molar-refractivity contribution in [2.45, 2.75) is 0 Å². The Morgan fingerprint density at radius 2 is 0.794 bits per heavy atom. The van der Waals surface area contributed by atoms with Crippen LogP contribution in [0.2, 0.25) is 0 Å². The summed E-state index contributed by atoms with van der Waals surface area (Å²) in [4.78, 5) is 0.